The highest BCUT2D eigenvalue weighted by atomic mass is 79.9. The molecule has 0 spiro atoms. The van der Waals surface area contributed by atoms with Crippen molar-refractivity contribution in [2.45, 2.75) is 45.6 Å². The van der Waals surface area contributed by atoms with Gasteiger partial charge in [-0.15, -0.1) is 28.3 Å². The van der Waals surface area contributed by atoms with E-state index >= 15 is 0 Å². The summed E-state index contributed by atoms with van der Waals surface area (Å²) in [5.41, 5.74) is 0.916. The van der Waals surface area contributed by atoms with E-state index in [1.54, 1.807) is 11.3 Å². The van der Waals surface area contributed by atoms with Crippen LogP contribution in [0.4, 0.5) is 4.79 Å². The number of hydrogen-bond acceptors (Lipinski definition) is 4. The Morgan fingerprint density at radius 3 is 2.48 bits per heavy atom. The Balaban J connectivity index is 0.00000264. The van der Waals surface area contributed by atoms with Gasteiger partial charge in [0, 0.05) is 38.3 Å². The topological polar surface area (TPSA) is 46.8 Å². The number of ether oxygens (including phenoxy) is 1. The van der Waals surface area contributed by atoms with Crippen molar-refractivity contribution in [3.05, 3.63) is 15.9 Å². The Morgan fingerprint density at radius 2 is 2.00 bits per heavy atom. The highest BCUT2D eigenvalue weighted by molar-refractivity contribution is 8.93. The number of amides is 1. The predicted molar refractivity (Wildman–Crippen MR) is 99.3 cm³/mol. The van der Waals surface area contributed by atoms with Gasteiger partial charge in [-0.1, -0.05) is 0 Å². The Kier molecular flexibility index (Phi) is 7.32. The van der Waals surface area contributed by atoms with Crippen molar-refractivity contribution in [1.82, 2.24) is 9.47 Å². The maximum atomic E-state index is 12.1. The van der Waals surface area contributed by atoms with Crippen molar-refractivity contribution in [2.75, 3.05) is 20.1 Å². The molecule has 0 bridgehead atoms. The van der Waals surface area contributed by atoms with E-state index < -0.39 is 5.60 Å². The molecule has 1 aliphatic rings. The largest absolute Gasteiger partial charge is 0.444 e. The molecule has 5 nitrogen and oxygen atoms in total. The van der Waals surface area contributed by atoms with E-state index in [0.717, 1.165) is 37.2 Å². The number of nitrogens with zero attached hydrogens (tertiary/aromatic N) is 3. The molecule has 2 rings (SSSR count). The Hall–Kier alpha value is -0.820. The number of hydrogen-bond donors (Lipinski definition) is 0. The lowest BCUT2D eigenvalue weighted by molar-refractivity contribution is 0.0184. The number of likely N-dealkylation sites (tertiary alicyclic amines) is 1. The van der Waals surface area contributed by atoms with E-state index in [2.05, 4.69) is 22.0 Å². The number of carbonyl (C=O) groups is 1. The van der Waals surface area contributed by atoms with E-state index in [1.807, 2.05) is 32.7 Å². The summed E-state index contributed by atoms with van der Waals surface area (Å²) in [6, 6.07) is 0. The minimum atomic E-state index is -0.418. The fourth-order valence-corrected chi connectivity index (χ4v) is 3.61. The van der Waals surface area contributed by atoms with Crippen molar-refractivity contribution in [1.29, 1.82) is 0 Å². The van der Waals surface area contributed by atoms with Gasteiger partial charge in [0.2, 0.25) is 0 Å². The summed E-state index contributed by atoms with van der Waals surface area (Å²) < 4.78 is 7.61. The Bertz CT molecular complexity index is 581. The molecule has 1 aromatic heterocycles. The van der Waals surface area contributed by atoms with Crippen LogP contribution in [0, 0.1) is 5.92 Å². The molecule has 0 aliphatic carbocycles. The molecule has 1 aromatic rings. The Morgan fingerprint density at radius 1 is 1.39 bits per heavy atom. The molecule has 0 unspecified atom stereocenters. The number of aromatic nitrogens is 1. The van der Waals surface area contributed by atoms with Gasteiger partial charge in [0.1, 0.15) is 5.60 Å². The van der Waals surface area contributed by atoms with Gasteiger partial charge in [0.25, 0.3) is 0 Å². The van der Waals surface area contributed by atoms with Crippen LogP contribution in [-0.2, 0) is 18.2 Å². The molecule has 1 fully saturated rings. The molecule has 7 heteroatoms. The molecule has 23 heavy (non-hydrogen) atoms. The second-order valence-corrected chi connectivity index (χ2v) is 7.74. The number of halogens is 1. The van der Waals surface area contributed by atoms with Gasteiger partial charge in [0.15, 0.2) is 4.80 Å². The third-order valence-corrected chi connectivity index (χ3v) is 5.03. The summed E-state index contributed by atoms with van der Waals surface area (Å²) in [5, 5.41) is 2.20. The molecule has 1 aliphatic heterocycles. The van der Waals surface area contributed by atoms with Gasteiger partial charge in [-0.05, 0) is 46.0 Å². The summed E-state index contributed by atoms with van der Waals surface area (Å²) in [6.45, 7) is 7.30. The van der Waals surface area contributed by atoms with Crippen LogP contribution in [0.5, 0.6) is 0 Å². The maximum Gasteiger partial charge on any atom is 0.410 e. The zero-order valence-corrected chi connectivity index (χ0v) is 17.2. The SMILES string of the molecule is Br.CN=c1scc(CC2CCN(C(=O)OC(C)(C)C)CC2)n1C. The summed E-state index contributed by atoms with van der Waals surface area (Å²) >= 11 is 1.69. The molecule has 0 radical (unpaired) electrons. The lowest BCUT2D eigenvalue weighted by Gasteiger charge is -2.33. The fourth-order valence-electron chi connectivity index (χ4n) is 2.73. The van der Waals surface area contributed by atoms with Gasteiger partial charge in [-0.25, -0.2) is 4.79 Å². The van der Waals surface area contributed by atoms with E-state index in [0.29, 0.717) is 5.92 Å². The van der Waals surface area contributed by atoms with Crippen LogP contribution in [0.25, 0.3) is 0 Å². The van der Waals surface area contributed by atoms with Gasteiger partial charge in [-0.2, -0.15) is 0 Å². The minimum absolute atomic E-state index is 0. The number of thiazole rings is 1. The standard InChI is InChI=1S/C16H27N3O2S.BrH/c1-16(2,3)21-15(20)19-8-6-12(7-9-19)10-13-11-22-14(17-4)18(13)5;/h11-12H,6-10H2,1-5H3;1H. The van der Waals surface area contributed by atoms with Crippen LogP contribution < -0.4 is 4.80 Å². The van der Waals surface area contributed by atoms with E-state index in [-0.39, 0.29) is 23.1 Å². The molecule has 132 valence electrons. The quantitative estimate of drug-likeness (QED) is 0.756. The zero-order valence-electron chi connectivity index (χ0n) is 14.7. The molecule has 0 atom stereocenters. The first-order chi connectivity index (χ1) is 10.3. The predicted octanol–water partition coefficient (Wildman–Crippen LogP) is 3.38. The molecular formula is C16H28BrN3O2S. The zero-order chi connectivity index (χ0) is 16.3. The molecule has 2 heterocycles. The van der Waals surface area contributed by atoms with Crippen LogP contribution >= 0.6 is 28.3 Å². The summed E-state index contributed by atoms with van der Waals surface area (Å²) in [5.74, 6) is 0.629. The highest BCUT2D eigenvalue weighted by Crippen LogP contribution is 2.23. The monoisotopic (exact) mass is 405 g/mol. The van der Waals surface area contributed by atoms with E-state index in [4.69, 9.17) is 4.74 Å². The van der Waals surface area contributed by atoms with Crippen LogP contribution in [-0.4, -0.2) is 41.3 Å². The van der Waals surface area contributed by atoms with Gasteiger partial charge in [0.05, 0.1) is 0 Å². The smallest absolute Gasteiger partial charge is 0.410 e. The lowest BCUT2D eigenvalue weighted by atomic mass is 9.92. The third kappa shape index (κ3) is 5.64. The molecular weight excluding hydrogens is 378 g/mol. The number of piperidine rings is 1. The van der Waals surface area contributed by atoms with Gasteiger partial charge in [-0.3, -0.25) is 4.99 Å². The summed E-state index contributed by atoms with van der Waals surface area (Å²) in [6.07, 6.45) is 2.95. The maximum absolute atomic E-state index is 12.1. The summed E-state index contributed by atoms with van der Waals surface area (Å²) in [7, 11) is 3.90. The molecule has 1 amide bonds. The minimum Gasteiger partial charge on any atom is -0.444 e. The average molecular weight is 406 g/mol. The number of rotatable bonds is 2. The van der Waals surface area contributed by atoms with Crippen molar-refractivity contribution < 1.29 is 9.53 Å². The second kappa shape index (κ2) is 8.33. The van der Waals surface area contributed by atoms with Crippen molar-refractivity contribution >= 4 is 34.4 Å². The third-order valence-electron chi connectivity index (χ3n) is 3.97. The first-order valence-electron chi connectivity index (χ1n) is 7.84. The van der Waals surface area contributed by atoms with Crippen LogP contribution in [0.3, 0.4) is 0 Å². The average Bonchev–Trinajstić information content (AvgIpc) is 2.78. The van der Waals surface area contributed by atoms with Crippen molar-refractivity contribution in [2.24, 2.45) is 18.0 Å². The van der Waals surface area contributed by atoms with E-state index in [9.17, 15) is 4.79 Å². The number of carbonyl (C=O) groups excluding carboxylic acids is 1. The second-order valence-electron chi connectivity index (χ2n) is 6.91. The molecule has 0 aromatic carbocycles. The highest BCUT2D eigenvalue weighted by Gasteiger charge is 2.27. The summed E-state index contributed by atoms with van der Waals surface area (Å²) in [4.78, 5) is 19.2. The van der Waals surface area contributed by atoms with Crippen LogP contribution in [0.15, 0.2) is 10.4 Å². The first-order valence-corrected chi connectivity index (χ1v) is 8.72. The van der Waals surface area contributed by atoms with Crippen LogP contribution in [0.2, 0.25) is 0 Å². The normalized spacial score (nSPS) is 17.1. The fraction of sp³-hybridized carbons (Fsp3) is 0.750. The van der Waals surface area contributed by atoms with Gasteiger partial charge >= 0.3 is 6.09 Å². The van der Waals surface area contributed by atoms with Crippen molar-refractivity contribution in [3.63, 3.8) is 0 Å². The molecule has 1 saturated heterocycles. The van der Waals surface area contributed by atoms with E-state index in [1.165, 1.54) is 5.69 Å². The lowest BCUT2D eigenvalue weighted by Crippen LogP contribution is -2.42. The first kappa shape index (κ1) is 20.2. The molecule has 0 saturated carbocycles. The van der Waals surface area contributed by atoms with Crippen LogP contribution in [0.1, 0.15) is 39.3 Å². The van der Waals surface area contributed by atoms with Gasteiger partial charge < -0.3 is 14.2 Å². The van der Waals surface area contributed by atoms with Crippen molar-refractivity contribution in [3.8, 4) is 0 Å². The Labute approximate surface area is 153 Å². The molecule has 0 N–H and O–H groups in total.